The molecule has 8 nitrogen and oxygen atoms in total. The van der Waals surface area contributed by atoms with Crippen molar-refractivity contribution in [2.75, 3.05) is 24.8 Å². The average Bonchev–Trinajstić information content (AvgIpc) is 3.57. The predicted octanol–water partition coefficient (Wildman–Crippen LogP) is 3.44. The summed E-state index contributed by atoms with van der Waals surface area (Å²) in [5.41, 5.74) is -0.389. The molecular formula is C26H25F2N3O5S. The van der Waals surface area contributed by atoms with Crippen molar-refractivity contribution in [1.29, 1.82) is 0 Å². The second kappa shape index (κ2) is 10.4. The third-order valence-corrected chi connectivity index (χ3v) is 7.36. The van der Waals surface area contributed by atoms with Crippen molar-refractivity contribution in [1.82, 2.24) is 9.58 Å². The quantitative estimate of drug-likeness (QED) is 0.450. The third kappa shape index (κ3) is 5.14. The highest BCUT2D eigenvalue weighted by atomic mass is 32.1. The number of hydrogen-bond donors (Lipinski definition) is 1. The molecule has 0 aliphatic carbocycles. The van der Waals surface area contributed by atoms with Gasteiger partial charge in [0.15, 0.2) is 17.2 Å². The molecule has 5 rings (SSSR count). The van der Waals surface area contributed by atoms with Gasteiger partial charge in [-0.25, -0.2) is 8.78 Å². The smallest absolute Gasteiger partial charge is 0.277 e. The first-order chi connectivity index (χ1) is 17.8. The number of aromatic hydroxyl groups is 1. The number of benzene rings is 1. The highest BCUT2D eigenvalue weighted by Gasteiger charge is 2.36. The number of rotatable bonds is 8. The third-order valence-electron chi connectivity index (χ3n) is 6.62. The Morgan fingerprint density at radius 3 is 2.76 bits per heavy atom. The maximum absolute atomic E-state index is 14.0. The van der Waals surface area contributed by atoms with Gasteiger partial charge in [-0.05, 0) is 53.3 Å². The number of aromatic nitrogens is 1. The number of pyridine rings is 1. The van der Waals surface area contributed by atoms with Gasteiger partial charge in [-0.1, -0.05) is 6.07 Å². The van der Waals surface area contributed by atoms with E-state index >= 15 is 0 Å². The van der Waals surface area contributed by atoms with Gasteiger partial charge in [0.05, 0.1) is 18.2 Å². The van der Waals surface area contributed by atoms with Gasteiger partial charge in [0.1, 0.15) is 18.3 Å². The summed E-state index contributed by atoms with van der Waals surface area (Å²) in [5, 5.41) is 16.5. The molecule has 1 N–H and O–H groups in total. The Balaban J connectivity index is 1.47. The molecule has 11 heteroatoms. The molecule has 1 aromatic carbocycles. The normalized spacial score (nSPS) is 17.4. The molecule has 0 unspecified atom stereocenters. The SMILES string of the molecule is O=C(CCc1ccc(F)cc1F)c1cn2c(c(O)c1=O)C(=O)N(C[C@H]1CCCO1)CN2Cc1ccsc1. The molecule has 194 valence electrons. The molecule has 0 spiro atoms. The Morgan fingerprint density at radius 1 is 1.22 bits per heavy atom. The van der Waals surface area contributed by atoms with Crippen LogP contribution in [0.3, 0.4) is 0 Å². The largest absolute Gasteiger partial charge is 0.502 e. The number of carbonyl (C=O) groups is 2. The van der Waals surface area contributed by atoms with Crippen LogP contribution in [-0.4, -0.2) is 52.3 Å². The number of amides is 1. The Bertz CT molecular complexity index is 1390. The van der Waals surface area contributed by atoms with Gasteiger partial charge in [-0.2, -0.15) is 11.3 Å². The van der Waals surface area contributed by atoms with E-state index in [4.69, 9.17) is 4.74 Å². The topological polar surface area (TPSA) is 92.1 Å². The van der Waals surface area contributed by atoms with E-state index in [1.165, 1.54) is 33.2 Å². The summed E-state index contributed by atoms with van der Waals surface area (Å²) < 4.78 is 34.3. The second-order valence-electron chi connectivity index (χ2n) is 9.17. The van der Waals surface area contributed by atoms with Crippen LogP contribution in [0.25, 0.3) is 0 Å². The van der Waals surface area contributed by atoms with Crippen molar-refractivity contribution < 1.29 is 28.2 Å². The predicted molar refractivity (Wildman–Crippen MR) is 132 cm³/mol. The Morgan fingerprint density at radius 2 is 2.05 bits per heavy atom. The summed E-state index contributed by atoms with van der Waals surface area (Å²) in [6.45, 7) is 1.47. The number of thiophene rings is 1. The summed E-state index contributed by atoms with van der Waals surface area (Å²) in [5.74, 6) is -3.47. The maximum atomic E-state index is 14.0. The summed E-state index contributed by atoms with van der Waals surface area (Å²) in [6.07, 6.45) is 2.57. The highest BCUT2D eigenvalue weighted by Crippen LogP contribution is 2.25. The average molecular weight is 530 g/mol. The minimum absolute atomic E-state index is 0.0559. The summed E-state index contributed by atoms with van der Waals surface area (Å²) in [7, 11) is 0. The van der Waals surface area contributed by atoms with E-state index < -0.39 is 34.5 Å². The van der Waals surface area contributed by atoms with E-state index in [1.54, 1.807) is 5.01 Å². The van der Waals surface area contributed by atoms with Crippen LogP contribution in [0.5, 0.6) is 5.75 Å². The fourth-order valence-electron chi connectivity index (χ4n) is 4.69. The fraction of sp³-hybridized carbons (Fsp3) is 0.346. The molecule has 1 amide bonds. The lowest BCUT2D eigenvalue weighted by Crippen LogP contribution is -2.55. The zero-order chi connectivity index (χ0) is 26.1. The lowest BCUT2D eigenvalue weighted by Gasteiger charge is -2.40. The van der Waals surface area contributed by atoms with Gasteiger partial charge in [-0.3, -0.25) is 24.1 Å². The minimum atomic E-state index is -0.960. The number of ketones is 1. The van der Waals surface area contributed by atoms with Crippen LogP contribution in [0, 0.1) is 11.6 Å². The van der Waals surface area contributed by atoms with Crippen LogP contribution in [0.15, 0.2) is 46.0 Å². The van der Waals surface area contributed by atoms with Crippen molar-refractivity contribution >= 4 is 23.0 Å². The first kappa shape index (κ1) is 25.1. The first-order valence-electron chi connectivity index (χ1n) is 11.9. The second-order valence-corrected chi connectivity index (χ2v) is 9.95. The van der Waals surface area contributed by atoms with Gasteiger partial charge in [0.2, 0.25) is 5.43 Å². The van der Waals surface area contributed by atoms with Gasteiger partial charge in [-0.15, -0.1) is 0 Å². The van der Waals surface area contributed by atoms with E-state index in [0.717, 1.165) is 30.5 Å². The zero-order valence-electron chi connectivity index (χ0n) is 19.9. The van der Waals surface area contributed by atoms with E-state index in [-0.39, 0.29) is 42.4 Å². The van der Waals surface area contributed by atoms with Crippen LogP contribution in [0.1, 0.15) is 51.2 Å². The molecule has 2 aromatic heterocycles. The van der Waals surface area contributed by atoms with Crippen LogP contribution < -0.4 is 10.4 Å². The number of ether oxygens (including phenoxy) is 1. The molecule has 1 fully saturated rings. The zero-order valence-corrected chi connectivity index (χ0v) is 20.7. The summed E-state index contributed by atoms with van der Waals surface area (Å²) >= 11 is 1.51. The van der Waals surface area contributed by atoms with Crippen LogP contribution in [-0.2, 0) is 17.7 Å². The van der Waals surface area contributed by atoms with Crippen molar-refractivity contribution in [3.05, 3.63) is 85.5 Å². The van der Waals surface area contributed by atoms with Crippen molar-refractivity contribution in [3.63, 3.8) is 0 Å². The van der Waals surface area contributed by atoms with Gasteiger partial charge < -0.3 is 14.7 Å². The Hall–Kier alpha value is -3.57. The van der Waals surface area contributed by atoms with Crippen molar-refractivity contribution in [2.24, 2.45) is 0 Å². The van der Waals surface area contributed by atoms with Crippen LogP contribution >= 0.6 is 11.3 Å². The molecule has 1 saturated heterocycles. The van der Waals surface area contributed by atoms with Crippen LogP contribution in [0.2, 0.25) is 0 Å². The molecule has 0 saturated carbocycles. The standard InChI is InChI=1S/C26H25F2N3O5S/c27-18-5-3-17(21(28)10-18)4-6-22(32)20-13-31-23(25(34)24(20)33)26(35)29(12-19-2-1-8-36-19)15-30(31)11-16-7-9-37-14-16/h3,5,7,9-10,13-14,19,34H,1-2,4,6,8,11-12,15H2/t19-/m1/s1. The highest BCUT2D eigenvalue weighted by molar-refractivity contribution is 7.07. The molecule has 2 aliphatic heterocycles. The van der Waals surface area contributed by atoms with E-state index in [2.05, 4.69) is 0 Å². The number of aryl methyl sites for hydroxylation is 1. The number of carbonyl (C=O) groups excluding carboxylic acids is 2. The van der Waals surface area contributed by atoms with E-state index in [1.807, 2.05) is 16.8 Å². The lowest BCUT2D eigenvalue weighted by molar-refractivity contribution is 0.0455. The molecule has 3 aromatic rings. The lowest BCUT2D eigenvalue weighted by atomic mass is 10.0. The Kier molecular flexibility index (Phi) is 7.07. The molecule has 37 heavy (non-hydrogen) atoms. The summed E-state index contributed by atoms with van der Waals surface area (Å²) in [6, 6.07) is 5.00. The van der Waals surface area contributed by atoms with Gasteiger partial charge in [0.25, 0.3) is 5.91 Å². The monoisotopic (exact) mass is 529 g/mol. The number of nitrogens with zero attached hydrogens (tertiary/aromatic N) is 3. The molecule has 1 atom stereocenters. The molecular weight excluding hydrogens is 504 g/mol. The molecule has 2 aliphatic rings. The molecule has 0 radical (unpaired) electrons. The van der Waals surface area contributed by atoms with E-state index in [0.29, 0.717) is 19.7 Å². The number of halogens is 2. The van der Waals surface area contributed by atoms with Crippen molar-refractivity contribution in [2.45, 2.75) is 38.3 Å². The molecule has 0 bridgehead atoms. The van der Waals surface area contributed by atoms with Crippen molar-refractivity contribution in [3.8, 4) is 5.75 Å². The minimum Gasteiger partial charge on any atom is -0.502 e. The van der Waals surface area contributed by atoms with Gasteiger partial charge >= 0.3 is 0 Å². The van der Waals surface area contributed by atoms with E-state index in [9.17, 15) is 28.3 Å². The maximum Gasteiger partial charge on any atom is 0.277 e. The number of fused-ring (bicyclic) bond motifs is 1. The van der Waals surface area contributed by atoms with Crippen LogP contribution in [0.4, 0.5) is 8.78 Å². The van der Waals surface area contributed by atoms with Gasteiger partial charge in [0, 0.05) is 31.8 Å². The molecule has 4 heterocycles. The fourth-order valence-corrected chi connectivity index (χ4v) is 5.35. The first-order valence-corrected chi connectivity index (χ1v) is 12.9. The Labute approximate surface area is 215 Å². The number of Topliss-reactive ketones (excluding diaryl/α,β-unsaturated/α-hetero) is 1. The summed E-state index contributed by atoms with van der Waals surface area (Å²) in [4.78, 5) is 40.9. The number of hydrogen-bond acceptors (Lipinski definition) is 7.